The Morgan fingerprint density at radius 1 is 1.10 bits per heavy atom. The van der Waals surface area contributed by atoms with Gasteiger partial charge in [-0.25, -0.2) is 0 Å². The molecule has 0 aromatic heterocycles. The number of halogens is 1. The van der Waals surface area contributed by atoms with Crippen molar-refractivity contribution in [3.63, 3.8) is 0 Å². The maximum Gasteiger partial charge on any atom is 0.124 e. The van der Waals surface area contributed by atoms with Gasteiger partial charge in [-0.05, 0) is 30.5 Å². The summed E-state index contributed by atoms with van der Waals surface area (Å²) in [6.45, 7) is 11.4. The van der Waals surface area contributed by atoms with Gasteiger partial charge in [0, 0.05) is 29.8 Å². The van der Waals surface area contributed by atoms with E-state index in [-0.39, 0.29) is 0 Å². The molecule has 0 fully saturated rings. The smallest absolute Gasteiger partial charge is 0.124 e. The molecule has 0 aliphatic heterocycles. The fourth-order valence-electron chi connectivity index (χ4n) is 1.77. The molecule has 3 nitrogen and oxygen atoms in total. The minimum absolute atomic E-state index is 0.427. The Hall–Kier alpha value is -0.770. The van der Waals surface area contributed by atoms with Crippen molar-refractivity contribution in [2.45, 2.75) is 46.7 Å². The van der Waals surface area contributed by atoms with Crippen molar-refractivity contribution < 1.29 is 9.47 Å². The lowest BCUT2D eigenvalue weighted by Crippen LogP contribution is -2.22. The van der Waals surface area contributed by atoms with Gasteiger partial charge in [0.05, 0.1) is 6.61 Å². The summed E-state index contributed by atoms with van der Waals surface area (Å²) in [6, 6.07) is 6.16. The van der Waals surface area contributed by atoms with Crippen LogP contribution in [0.25, 0.3) is 0 Å². The molecule has 0 unspecified atom stereocenters. The van der Waals surface area contributed by atoms with Crippen molar-refractivity contribution in [2.75, 3.05) is 19.8 Å². The molecule has 120 valence electrons. The Morgan fingerprint density at radius 2 is 1.86 bits per heavy atom. The molecule has 1 rings (SSSR count). The first-order chi connectivity index (χ1) is 9.99. The van der Waals surface area contributed by atoms with Crippen LogP contribution in [0.2, 0.25) is 5.02 Å². The van der Waals surface area contributed by atoms with Gasteiger partial charge in [0.15, 0.2) is 0 Å². The maximum absolute atomic E-state index is 6.06. The fraction of sp³-hybridized carbons (Fsp3) is 0.647. The van der Waals surface area contributed by atoms with Crippen LogP contribution in [-0.4, -0.2) is 25.9 Å². The predicted molar refractivity (Wildman–Crippen MR) is 89.2 cm³/mol. The number of ether oxygens (including phenoxy) is 2. The Balaban J connectivity index is 2.39. The van der Waals surface area contributed by atoms with E-state index in [0.29, 0.717) is 25.2 Å². The van der Waals surface area contributed by atoms with Gasteiger partial charge in [0.25, 0.3) is 0 Å². The van der Waals surface area contributed by atoms with Crippen molar-refractivity contribution in [3.8, 4) is 5.75 Å². The Labute approximate surface area is 134 Å². The number of hydrogen-bond donors (Lipinski definition) is 1. The van der Waals surface area contributed by atoms with E-state index in [0.717, 1.165) is 35.9 Å². The molecule has 0 saturated carbocycles. The third-order valence-corrected chi connectivity index (χ3v) is 3.28. The topological polar surface area (TPSA) is 30.5 Å². The summed E-state index contributed by atoms with van der Waals surface area (Å²) in [5.41, 5.74) is 1.08. The highest BCUT2D eigenvalue weighted by Gasteiger charge is 2.06. The molecular weight excluding hydrogens is 286 g/mol. The van der Waals surface area contributed by atoms with Crippen LogP contribution in [0.1, 0.15) is 39.7 Å². The zero-order chi connectivity index (χ0) is 15.7. The van der Waals surface area contributed by atoms with E-state index < -0.39 is 0 Å². The highest BCUT2D eigenvalue weighted by molar-refractivity contribution is 6.30. The monoisotopic (exact) mass is 313 g/mol. The molecule has 4 heteroatoms. The van der Waals surface area contributed by atoms with Gasteiger partial charge >= 0.3 is 0 Å². The van der Waals surface area contributed by atoms with Crippen molar-refractivity contribution in [2.24, 2.45) is 5.92 Å². The summed E-state index contributed by atoms with van der Waals surface area (Å²) in [5, 5.41) is 4.12. The van der Waals surface area contributed by atoms with E-state index >= 15 is 0 Å². The minimum atomic E-state index is 0.427. The van der Waals surface area contributed by atoms with Crippen LogP contribution in [0.5, 0.6) is 5.75 Å². The Kier molecular flexibility index (Phi) is 8.74. The fourth-order valence-corrected chi connectivity index (χ4v) is 1.97. The van der Waals surface area contributed by atoms with Crippen LogP contribution >= 0.6 is 11.6 Å². The van der Waals surface area contributed by atoms with E-state index in [4.69, 9.17) is 21.1 Å². The van der Waals surface area contributed by atoms with Gasteiger partial charge in [-0.3, -0.25) is 0 Å². The number of hydrogen-bond acceptors (Lipinski definition) is 3. The van der Waals surface area contributed by atoms with Crippen LogP contribution in [0.15, 0.2) is 18.2 Å². The lowest BCUT2D eigenvalue weighted by Gasteiger charge is -2.14. The molecule has 0 aliphatic rings. The molecular formula is C17H28ClNO2. The second-order valence-corrected chi connectivity index (χ2v) is 6.37. The Morgan fingerprint density at radius 3 is 2.52 bits per heavy atom. The van der Waals surface area contributed by atoms with Gasteiger partial charge in [0.1, 0.15) is 12.4 Å². The molecule has 0 bridgehead atoms. The lowest BCUT2D eigenvalue weighted by molar-refractivity contribution is 0.0922. The quantitative estimate of drug-likeness (QED) is 0.654. The van der Waals surface area contributed by atoms with Crippen molar-refractivity contribution >= 4 is 11.6 Å². The van der Waals surface area contributed by atoms with E-state index in [1.807, 2.05) is 18.2 Å². The third kappa shape index (κ3) is 8.30. The van der Waals surface area contributed by atoms with Crippen molar-refractivity contribution in [1.82, 2.24) is 5.32 Å². The highest BCUT2D eigenvalue weighted by Crippen LogP contribution is 2.23. The molecule has 0 saturated heterocycles. The first-order valence-electron chi connectivity index (χ1n) is 7.71. The molecule has 0 radical (unpaired) electrons. The van der Waals surface area contributed by atoms with Crippen LogP contribution in [-0.2, 0) is 11.3 Å². The van der Waals surface area contributed by atoms with Gasteiger partial charge < -0.3 is 14.8 Å². The van der Waals surface area contributed by atoms with Crippen molar-refractivity contribution in [3.05, 3.63) is 28.8 Å². The SMILES string of the molecule is CC(C)CCOCCOc1ccc(Cl)cc1CNC(C)C. The first-order valence-corrected chi connectivity index (χ1v) is 8.09. The van der Waals surface area contributed by atoms with E-state index in [1.165, 1.54) is 0 Å². The summed E-state index contributed by atoms with van der Waals surface area (Å²) in [6.07, 6.45) is 1.09. The Bertz CT molecular complexity index is 408. The summed E-state index contributed by atoms with van der Waals surface area (Å²) in [5.74, 6) is 1.55. The molecule has 0 amide bonds. The maximum atomic E-state index is 6.06. The summed E-state index contributed by atoms with van der Waals surface area (Å²) in [7, 11) is 0. The van der Waals surface area contributed by atoms with Crippen molar-refractivity contribution in [1.29, 1.82) is 0 Å². The molecule has 0 aliphatic carbocycles. The summed E-state index contributed by atoms with van der Waals surface area (Å²) >= 11 is 6.06. The molecule has 1 aromatic carbocycles. The molecule has 21 heavy (non-hydrogen) atoms. The minimum Gasteiger partial charge on any atom is -0.491 e. The molecule has 0 heterocycles. The zero-order valence-corrected chi connectivity index (χ0v) is 14.4. The largest absolute Gasteiger partial charge is 0.491 e. The third-order valence-electron chi connectivity index (χ3n) is 3.05. The normalized spacial score (nSPS) is 11.4. The van der Waals surface area contributed by atoms with Crippen LogP contribution in [0, 0.1) is 5.92 Å². The first kappa shape index (κ1) is 18.3. The molecule has 1 aromatic rings. The van der Waals surface area contributed by atoms with Crippen LogP contribution in [0.3, 0.4) is 0 Å². The lowest BCUT2D eigenvalue weighted by atomic mass is 10.1. The molecule has 0 atom stereocenters. The van der Waals surface area contributed by atoms with Gasteiger partial charge in [-0.2, -0.15) is 0 Å². The van der Waals surface area contributed by atoms with E-state index in [9.17, 15) is 0 Å². The average molecular weight is 314 g/mol. The average Bonchev–Trinajstić information content (AvgIpc) is 2.41. The molecule has 1 N–H and O–H groups in total. The van der Waals surface area contributed by atoms with E-state index in [2.05, 4.69) is 33.0 Å². The van der Waals surface area contributed by atoms with Crippen LogP contribution < -0.4 is 10.1 Å². The highest BCUT2D eigenvalue weighted by atomic mass is 35.5. The second kappa shape index (κ2) is 10.0. The van der Waals surface area contributed by atoms with Gasteiger partial charge in [0.2, 0.25) is 0 Å². The van der Waals surface area contributed by atoms with Crippen LogP contribution in [0.4, 0.5) is 0 Å². The number of nitrogens with one attached hydrogen (secondary N) is 1. The predicted octanol–water partition coefficient (Wildman–Crippen LogP) is 4.28. The summed E-state index contributed by atoms with van der Waals surface area (Å²) in [4.78, 5) is 0. The van der Waals surface area contributed by atoms with Gasteiger partial charge in [-0.15, -0.1) is 0 Å². The van der Waals surface area contributed by atoms with E-state index in [1.54, 1.807) is 0 Å². The molecule has 0 spiro atoms. The van der Waals surface area contributed by atoms with Gasteiger partial charge in [-0.1, -0.05) is 39.3 Å². The number of rotatable bonds is 10. The second-order valence-electron chi connectivity index (χ2n) is 5.93. The standard InChI is InChI=1S/C17H28ClNO2/c1-13(2)7-8-20-9-10-21-17-6-5-16(18)11-15(17)12-19-14(3)4/h5-6,11,13-14,19H,7-10,12H2,1-4H3. The zero-order valence-electron chi connectivity index (χ0n) is 13.6. The number of benzene rings is 1. The summed E-state index contributed by atoms with van der Waals surface area (Å²) < 4.78 is 11.4.